The van der Waals surface area contributed by atoms with Crippen LogP contribution in [0.3, 0.4) is 0 Å². The van der Waals surface area contributed by atoms with Crippen molar-refractivity contribution in [1.82, 2.24) is 9.80 Å². The van der Waals surface area contributed by atoms with Crippen molar-refractivity contribution in [3.05, 3.63) is 0 Å². The highest BCUT2D eigenvalue weighted by Gasteiger charge is 2.43. The zero-order valence-corrected chi connectivity index (χ0v) is 11.3. The van der Waals surface area contributed by atoms with Gasteiger partial charge in [-0.25, -0.2) is 0 Å². The first-order valence-corrected chi connectivity index (χ1v) is 7.02. The topological polar surface area (TPSA) is 41.7 Å². The van der Waals surface area contributed by atoms with Gasteiger partial charge in [0.05, 0.1) is 12.1 Å². The summed E-state index contributed by atoms with van der Waals surface area (Å²) in [6.45, 7) is 11.6. The third-order valence-electron chi connectivity index (χ3n) is 4.63. The predicted molar refractivity (Wildman–Crippen MR) is 70.1 cm³/mol. The van der Waals surface area contributed by atoms with Crippen LogP contribution in [0.2, 0.25) is 0 Å². The Hall–Kier alpha value is -0.160. The molecule has 4 nitrogen and oxygen atoms in total. The van der Waals surface area contributed by atoms with Crippen LogP contribution in [0, 0.1) is 0 Å². The number of likely N-dealkylation sites (tertiary alicyclic amines) is 1. The van der Waals surface area contributed by atoms with E-state index >= 15 is 0 Å². The Labute approximate surface area is 105 Å². The Kier molecular flexibility index (Phi) is 4.42. The molecule has 0 amide bonds. The molecule has 2 fully saturated rings. The first-order valence-electron chi connectivity index (χ1n) is 7.02. The van der Waals surface area contributed by atoms with E-state index in [0.717, 1.165) is 39.3 Å². The van der Waals surface area contributed by atoms with E-state index in [1.54, 1.807) is 0 Å². The van der Waals surface area contributed by atoms with Gasteiger partial charge in [-0.15, -0.1) is 0 Å². The number of hydrogen-bond donors (Lipinski definition) is 1. The standard InChI is InChI=1S/C13H27N3O/c1-3-15(4-2)12-5-7-16(9-12)13(10-14)6-8-17-11-13/h12H,3-11,14H2,1-2H3. The van der Waals surface area contributed by atoms with Crippen LogP contribution in [0.5, 0.6) is 0 Å². The SMILES string of the molecule is CCN(CC)C1CCN(C2(CN)CCOC2)C1. The number of rotatable bonds is 5. The van der Waals surface area contributed by atoms with Crippen molar-refractivity contribution in [3.8, 4) is 0 Å². The molecule has 2 atom stereocenters. The quantitative estimate of drug-likeness (QED) is 0.762. The fourth-order valence-electron chi connectivity index (χ4n) is 3.35. The fraction of sp³-hybridized carbons (Fsp3) is 1.00. The molecule has 2 aliphatic heterocycles. The second-order valence-electron chi connectivity index (χ2n) is 5.34. The van der Waals surface area contributed by atoms with Crippen molar-refractivity contribution in [1.29, 1.82) is 0 Å². The predicted octanol–water partition coefficient (Wildman–Crippen LogP) is 0.520. The van der Waals surface area contributed by atoms with Crippen LogP contribution < -0.4 is 5.73 Å². The summed E-state index contributed by atoms with van der Waals surface area (Å²) >= 11 is 0. The summed E-state index contributed by atoms with van der Waals surface area (Å²) in [6, 6.07) is 0.717. The maximum absolute atomic E-state index is 6.00. The van der Waals surface area contributed by atoms with Gasteiger partial charge >= 0.3 is 0 Å². The van der Waals surface area contributed by atoms with Crippen molar-refractivity contribution >= 4 is 0 Å². The van der Waals surface area contributed by atoms with Crippen LogP contribution in [0.1, 0.15) is 26.7 Å². The molecule has 0 bridgehead atoms. The number of likely N-dealkylation sites (N-methyl/N-ethyl adjacent to an activating group) is 1. The second-order valence-corrected chi connectivity index (χ2v) is 5.34. The van der Waals surface area contributed by atoms with E-state index in [0.29, 0.717) is 6.04 Å². The molecule has 2 saturated heterocycles. The van der Waals surface area contributed by atoms with Gasteiger partial charge in [-0.3, -0.25) is 9.80 Å². The Morgan fingerprint density at radius 2 is 2.18 bits per heavy atom. The van der Waals surface area contributed by atoms with E-state index in [4.69, 9.17) is 10.5 Å². The van der Waals surface area contributed by atoms with E-state index in [-0.39, 0.29) is 5.54 Å². The normalized spacial score (nSPS) is 34.9. The van der Waals surface area contributed by atoms with Gasteiger partial charge in [-0.2, -0.15) is 0 Å². The molecule has 0 saturated carbocycles. The lowest BCUT2D eigenvalue weighted by Gasteiger charge is -2.37. The smallest absolute Gasteiger partial charge is 0.0663 e. The monoisotopic (exact) mass is 241 g/mol. The first kappa shape index (κ1) is 13.3. The highest BCUT2D eigenvalue weighted by molar-refractivity contribution is 4.99. The van der Waals surface area contributed by atoms with E-state index in [2.05, 4.69) is 23.6 Å². The molecular formula is C13H27N3O. The molecule has 0 radical (unpaired) electrons. The molecule has 0 aromatic heterocycles. The van der Waals surface area contributed by atoms with Gasteiger partial charge in [0.1, 0.15) is 0 Å². The molecule has 2 rings (SSSR count). The van der Waals surface area contributed by atoms with Crippen LogP contribution in [0.15, 0.2) is 0 Å². The van der Waals surface area contributed by atoms with Crippen molar-refractivity contribution in [2.75, 3.05) is 45.9 Å². The van der Waals surface area contributed by atoms with Gasteiger partial charge in [0.15, 0.2) is 0 Å². The summed E-state index contributed by atoms with van der Waals surface area (Å²) in [5.74, 6) is 0. The third kappa shape index (κ3) is 2.50. The maximum Gasteiger partial charge on any atom is 0.0663 e. The third-order valence-corrected chi connectivity index (χ3v) is 4.63. The zero-order chi connectivity index (χ0) is 12.3. The molecule has 2 N–H and O–H groups in total. The molecule has 4 heteroatoms. The van der Waals surface area contributed by atoms with Gasteiger partial charge in [0.2, 0.25) is 0 Å². The largest absolute Gasteiger partial charge is 0.379 e. The molecule has 100 valence electrons. The molecule has 0 aromatic carbocycles. The van der Waals surface area contributed by atoms with Gasteiger partial charge in [0, 0.05) is 32.3 Å². The second kappa shape index (κ2) is 5.65. The van der Waals surface area contributed by atoms with Gasteiger partial charge in [-0.05, 0) is 25.9 Å². The van der Waals surface area contributed by atoms with Crippen molar-refractivity contribution in [2.24, 2.45) is 5.73 Å². The van der Waals surface area contributed by atoms with E-state index in [1.807, 2.05) is 0 Å². The number of ether oxygens (including phenoxy) is 1. The van der Waals surface area contributed by atoms with E-state index < -0.39 is 0 Å². The summed E-state index contributed by atoms with van der Waals surface area (Å²) < 4.78 is 5.58. The molecule has 2 unspecified atom stereocenters. The highest BCUT2D eigenvalue weighted by Crippen LogP contribution is 2.30. The Balaban J connectivity index is 1.96. The molecule has 2 heterocycles. The first-order chi connectivity index (χ1) is 8.25. The molecule has 17 heavy (non-hydrogen) atoms. The highest BCUT2D eigenvalue weighted by atomic mass is 16.5. The lowest BCUT2D eigenvalue weighted by molar-refractivity contribution is 0.0837. The lowest BCUT2D eigenvalue weighted by Crippen LogP contribution is -2.54. The molecule has 2 aliphatic rings. The minimum atomic E-state index is 0.141. The number of nitrogens with two attached hydrogens (primary N) is 1. The average molecular weight is 241 g/mol. The van der Waals surface area contributed by atoms with Crippen molar-refractivity contribution in [3.63, 3.8) is 0 Å². The van der Waals surface area contributed by atoms with Gasteiger partial charge < -0.3 is 10.5 Å². The van der Waals surface area contributed by atoms with E-state index in [9.17, 15) is 0 Å². The van der Waals surface area contributed by atoms with Gasteiger partial charge in [0.25, 0.3) is 0 Å². The minimum Gasteiger partial charge on any atom is -0.379 e. The number of hydrogen-bond acceptors (Lipinski definition) is 4. The van der Waals surface area contributed by atoms with Crippen LogP contribution >= 0.6 is 0 Å². The van der Waals surface area contributed by atoms with Crippen LogP contribution in [-0.2, 0) is 4.74 Å². The van der Waals surface area contributed by atoms with Crippen molar-refractivity contribution in [2.45, 2.75) is 38.3 Å². The Morgan fingerprint density at radius 3 is 2.71 bits per heavy atom. The van der Waals surface area contributed by atoms with Crippen LogP contribution in [0.25, 0.3) is 0 Å². The Bertz CT molecular complexity index is 237. The molecule has 0 aromatic rings. The van der Waals surface area contributed by atoms with Crippen LogP contribution in [0.4, 0.5) is 0 Å². The summed E-state index contributed by atoms with van der Waals surface area (Å²) in [5, 5.41) is 0. The summed E-state index contributed by atoms with van der Waals surface area (Å²) in [5.41, 5.74) is 6.14. The maximum atomic E-state index is 6.00. The van der Waals surface area contributed by atoms with E-state index in [1.165, 1.54) is 19.5 Å². The zero-order valence-electron chi connectivity index (χ0n) is 11.3. The molecule has 0 spiro atoms. The summed E-state index contributed by atoms with van der Waals surface area (Å²) in [7, 11) is 0. The minimum absolute atomic E-state index is 0.141. The number of nitrogens with zero attached hydrogens (tertiary/aromatic N) is 2. The van der Waals surface area contributed by atoms with Crippen molar-refractivity contribution < 1.29 is 4.74 Å². The van der Waals surface area contributed by atoms with Gasteiger partial charge in [-0.1, -0.05) is 13.8 Å². The molecular weight excluding hydrogens is 214 g/mol. The van der Waals surface area contributed by atoms with Crippen LogP contribution in [-0.4, -0.2) is 67.3 Å². The average Bonchev–Trinajstić information content (AvgIpc) is 2.99. The Morgan fingerprint density at radius 1 is 1.41 bits per heavy atom. The fourth-order valence-corrected chi connectivity index (χ4v) is 3.35. The lowest BCUT2D eigenvalue weighted by atomic mass is 9.97. The molecule has 0 aliphatic carbocycles. The summed E-state index contributed by atoms with van der Waals surface area (Å²) in [6.07, 6.45) is 2.39. The summed E-state index contributed by atoms with van der Waals surface area (Å²) in [4.78, 5) is 5.16.